The van der Waals surface area contributed by atoms with Crippen molar-refractivity contribution in [3.63, 3.8) is 0 Å². The van der Waals surface area contributed by atoms with Crippen molar-refractivity contribution in [2.75, 3.05) is 33.4 Å². The molecular formula is C14H21FN2O. The Bertz CT molecular complexity index is 413. The molecule has 100 valence electrons. The molecule has 0 unspecified atom stereocenters. The number of nitrogens with zero attached hydrogens (tertiary/aromatic N) is 1. The number of rotatable bonds is 5. The molecule has 0 aliphatic carbocycles. The zero-order valence-electron chi connectivity index (χ0n) is 11.1. The zero-order valence-corrected chi connectivity index (χ0v) is 11.1. The largest absolute Gasteiger partial charge is 0.380 e. The molecule has 2 rings (SSSR count). The van der Waals surface area contributed by atoms with E-state index in [0.29, 0.717) is 12.1 Å². The van der Waals surface area contributed by atoms with Crippen LogP contribution >= 0.6 is 0 Å². The lowest BCUT2D eigenvalue weighted by atomic mass is 9.85. The molecule has 18 heavy (non-hydrogen) atoms. The van der Waals surface area contributed by atoms with Crippen molar-refractivity contribution in [3.05, 3.63) is 35.1 Å². The molecular weight excluding hydrogens is 231 g/mol. The van der Waals surface area contributed by atoms with Gasteiger partial charge in [0.05, 0.1) is 13.2 Å². The van der Waals surface area contributed by atoms with E-state index in [1.165, 1.54) is 6.07 Å². The van der Waals surface area contributed by atoms with E-state index in [0.717, 1.165) is 31.9 Å². The zero-order chi connectivity index (χ0) is 13.2. The monoisotopic (exact) mass is 252 g/mol. The Morgan fingerprint density at radius 2 is 2.17 bits per heavy atom. The van der Waals surface area contributed by atoms with Gasteiger partial charge < -0.3 is 15.4 Å². The maximum atomic E-state index is 13.2. The predicted octanol–water partition coefficient (Wildman–Crippen LogP) is 1.54. The van der Waals surface area contributed by atoms with E-state index in [1.54, 1.807) is 6.92 Å². The summed E-state index contributed by atoms with van der Waals surface area (Å²) in [7, 11) is 2.06. The third-order valence-corrected chi connectivity index (χ3v) is 3.53. The van der Waals surface area contributed by atoms with Crippen LogP contribution in [0.1, 0.15) is 11.1 Å². The van der Waals surface area contributed by atoms with E-state index in [2.05, 4.69) is 11.9 Å². The van der Waals surface area contributed by atoms with E-state index < -0.39 is 0 Å². The summed E-state index contributed by atoms with van der Waals surface area (Å²) >= 11 is 0. The Balaban J connectivity index is 1.94. The first-order chi connectivity index (χ1) is 8.54. The highest BCUT2D eigenvalue weighted by atomic mass is 19.1. The lowest BCUT2D eigenvalue weighted by molar-refractivity contribution is -0.118. The van der Waals surface area contributed by atoms with Gasteiger partial charge in [-0.2, -0.15) is 0 Å². The molecule has 4 heteroatoms. The topological polar surface area (TPSA) is 38.5 Å². The number of aryl methyl sites for hydroxylation is 1. The van der Waals surface area contributed by atoms with Crippen molar-refractivity contribution in [2.24, 2.45) is 11.1 Å². The Morgan fingerprint density at radius 1 is 1.44 bits per heavy atom. The predicted molar refractivity (Wildman–Crippen MR) is 69.8 cm³/mol. The minimum absolute atomic E-state index is 0.115. The molecule has 3 nitrogen and oxygen atoms in total. The number of benzene rings is 1. The van der Waals surface area contributed by atoms with Crippen LogP contribution in [0.15, 0.2) is 18.2 Å². The van der Waals surface area contributed by atoms with Crippen molar-refractivity contribution < 1.29 is 9.13 Å². The Kier molecular flexibility index (Phi) is 4.00. The minimum atomic E-state index is -0.146. The average molecular weight is 252 g/mol. The molecule has 1 aliphatic heterocycles. The number of hydrogen-bond acceptors (Lipinski definition) is 3. The first kappa shape index (κ1) is 13.5. The summed E-state index contributed by atoms with van der Waals surface area (Å²) in [4.78, 5) is 2.22. The summed E-state index contributed by atoms with van der Waals surface area (Å²) in [5.74, 6) is -0.146. The fourth-order valence-corrected chi connectivity index (χ4v) is 2.41. The van der Waals surface area contributed by atoms with Crippen LogP contribution < -0.4 is 5.73 Å². The number of halogens is 1. The third kappa shape index (κ3) is 2.88. The molecule has 0 bridgehead atoms. The van der Waals surface area contributed by atoms with Crippen LogP contribution in [0.2, 0.25) is 0 Å². The molecule has 1 heterocycles. The van der Waals surface area contributed by atoms with Crippen LogP contribution in [0, 0.1) is 18.2 Å². The molecule has 1 fully saturated rings. The van der Waals surface area contributed by atoms with Gasteiger partial charge in [-0.25, -0.2) is 4.39 Å². The minimum Gasteiger partial charge on any atom is -0.380 e. The molecule has 0 saturated carbocycles. The van der Waals surface area contributed by atoms with Crippen LogP contribution in [0.25, 0.3) is 0 Å². The molecule has 0 amide bonds. The summed E-state index contributed by atoms with van der Waals surface area (Å²) in [5, 5.41) is 0. The smallest absolute Gasteiger partial charge is 0.126 e. The van der Waals surface area contributed by atoms with E-state index >= 15 is 0 Å². The Hall–Kier alpha value is -0.970. The molecule has 1 saturated heterocycles. The van der Waals surface area contributed by atoms with Gasteiger partial charge in [-0.3, -0.25) is 0 Å². The lowest BCUT2D eigenvalue weighted by Gasteiger charge is -2.43. The highest BCUT2D eigenvalue weighted by Gasteiger charge is 2.38. The fourth-order valence-electron chi connectivity index (χ4n) is 2.41. The Morgan fingerprint density at radius 3 is 2.67 bits per heavy atom. The average Bonchev–Trinajstić information content (AvgIpc) is 2.29. The van der Waals surface area contributed by atoms with Gasteiger partial charge in [0.2, 0.25) is 0 Å². The van der Waals surface area contributed by atoms with Crippen LogP contribution in [0.3, 0.4) is 0 Å². The van der Waals surface area contributed by atoms with Crippen molar-refractivity contribution in [2.45, 2.75) is 13.5 Å². The van der Waals surface area contributed by atoms with Gasteiger partial charge in [-0.1, -0.05) is 12.1 Å². The van der Waals surface area contributed by atoms with Gasteiger partial charge in [0.25, 0.3) is 0 Å². The van der Waals surface area contributed by atoms with Crippen LogP contribution in [0.4, 0.5) is 4.39 Å². The standard InChI is InChI=1S/C14H21FN2O/c1-11-5-12(3-4-13(11)15)6-17(2)8-14(7-16)9-18-10-14/h3-5H,6-10,16H2,1-2H3. The third-order valence-electron chi connectivity index (χ3n) is 3.53. The molecule has 0 spiro atoms. The molecule has 0 radical (unpaired) electrons. The second-order valence-corrected chi connectivity index (χ2v) is 5.45. The van der Waals surface area contributed by atoms with Crippen LogP contribution in [-0.4, -0.2) is 38.3 Å². The number of nitrogens with two attached hydrogens (primary N) is 1. The van der Waals surface area contributed by atoms with Crippen LogP contribution in [-0.2, 0) is 11.3 Å². The first-order valence-electron chi connectivity index (χ1n) is 6.26. The molecule has 0 aromatic heterocycles. The van der Waals surface area contributed by atoms with Gasteiger partial charge in [-0.05, 0) is 31.2 Å². The SMILES string of the molecule is Cc1cc(CN(C)CC2(CN)COC2)ccc1F. The maximum Gasteiger partial charge on any atom is 0.126 e. The summed E-state index contributed by atoms with van der Waals surface area (Å²) in [6.07, 6.45) is 0. The van der Waals surface area contributed by atoms with Crippen molar-refractivity contribution in [3.8, 4) is 0 Å². The van der Waals surface area contributed by atoms with E-state index in [-0.39, 0.29) is 11.2 Å². The van der Waals surface area contributed by atoms with E-state index in [4.69, 9.17) is 10.5 Å². The molecule has 2 N–H and O–H groups in total. The first-order valence-corrected chi connectivity index (χ1v) is 6.26. The summed E-state index contributed by atoms with van der Waals surface area (Å²) in [6, 6.07) is 5.27. The normalized spacial score (nSPS) is 17.8. The summed E-state index contributed by atoms with van der Waals surface area (Å²) in [6.45, 7) is 5.66. The quantitative estimate of drug-likeness (QED) is 0.864. The fraction of sp³-hybridized carbons (Fsp3) is 0.571. The van der Waals surface area contributed by atoms with Crippen molar-refractivity contribution in [1.29, 1.82) is 0 Å². The van der Waals surface area contributed by atoms with E-state index in [9.17, 15) is 4.39 Å². The highest BCUT2D eigenvalue weighted by Crippen LogP contribution is 2.27. The molecule has 0 atom stereocenters. The van der Waals surface area contributed by atoms with E-state index in [1.807, 2.05) is 12.1 Å². The van der Waals surface area contributed by atoms with Crippen molar-refractivity contribution >= 4 is 0 Å². The molecule has 1 aliphatic rings. The van der Waals surface area contributed by atoms with Gasteiger partial charge in [0.1, 0.15) is 5.82 Å². The summed E-state index contributed by atoms with van der Waals surface area (Å²) < 4.78 is 18.4. The van der Waals surface area contributed by atoms with Gasteiger partial charge >= 0.3 is 0 Å². The lowest BCUT2D eigenvalue weighted by Crippen LogP contribution is -2.54. The Labute approximate surface area is 108 Å². The van der Waals surface area contributed by atoms with Crippen LogP contribution in [0.5, 0.6) is 0 Å². The molecule has 1 aromatic carbocycles. The number of hydrogen-bond donors (Lipinski definition) is 1. The van der Waals surface area contributed by atoms with Gasteiger partial charge in [-0.15, -0.1) is 0 Å². The van der Waals surface area contributed by atoms with Crippen molar-refractivity contribution in [1.82, 2.24) is 4.90 Å². The number of ether oxygens (including phenoxy) is 1. The van der Waals surface area contributed by atoms with Gasteiger partial charge in [0.15, 0.2) is 0 Å². The maximum absolute atomic E-state index is 13.2. The summed E-state index contributed by atoms with van der Waals surface area (Å²) in [5.41, 5.74) is 7.74. The van der Waals surface area contributed by atoms with Gasteiger partial charge in [0, 0.05) is 25.0 Å². The molecule has 1 aromatic rings. The highest BCUT2D eigenvalue weighted by molar-refractivity contribution is 5.23. The second kappa shape index (κ2) is 5.34. The second-order valence-electron chi connectivity index (χ2n) is 5.45.